The number of pyridine rings is 1. The number of halogens is 1. The molecule has 0 unspecified atom stereocenters. The third-order valence-corrected chi connectivity index (χ3v) is 7.04. The van der Waals surface area contributed by atoms with E-state index >= 15 is 0 Å². The van der Waals surface area contributed by atoms with E-state index in [9.17, 15) is 0 Å². The van der Waals surface area contributed by atoms with Gasteiger partial charge in [0.2, 0.25) is 0 Å². The van der Waals surface area contributed by atoms with Crippen molar-refractivity contribution in [2.45, 2.75) is 6.92 Å². The van der Waals surface area contributed by atoms with Crippen LogP contribution < -0.4 is 0 Å². The SMILES string of the molecule is Cc1cc(C(=N)C(=C2SCS2)c2ccncc2)ccc1I. The van der Waals surface area contributed by atoms with E-state index in [0.29, 0.717) is 5.71 Å². The summed E-state index contributed by atoms with van der Waals surface area (Å²) >= 11 is 5.96. The molecular weight excluding hydrogens is 411 g/mol. The highest BCUT2D eigenvalue weighted by atomic mass is 127. The highest BCUT2D eigenvalue weighted by Gasteiger charge is 2.22. The number of hydrogen-bond donors (Lipinski definition) is 1. The highest BCUT2D eigenvalue weighted by molar-refractivity contribution is 14.1. The zero-order chi connectivity index (χ0) is 14.8. The fraction of sp³-hybridized carbons (Fsp3) is 0.125. The summed E-state index contributed by atoms with van der Waals surface area (Å²) in [6, 6.07) is 10.2. The Labute approximate surface area is 146 Å². The number of nitrogens with zero attached hydrogens (tertiary/aromatic N) is 1. The van der Waals surface area contributed by atoms with Crippen LogP contribution in [0.4, 0.5) is 0 Å². The number of allylic oxidation sites excluding steroid dienone is 1. The molecule has 0 amide bonds. The van der Waals surface area contributed by atoms with Crippen LogP contribution in [0.2, 0.25) is 0 Å². The van der Waals surface area contributed by atoms with Crippen LogP contribution in [-0.2, 0) is 0 Å². The standard InChI is InChI=1S/C16H13IN2S2/c1-10-8-12(2-3-13(10)17)15(18)14(16-20-9-21-16)11-4-6-19-7-5-11/h2-8,18H,9H2,1H3. The van der Waals surface area contributed by atoms with E-state index < -0.39 is 0 Å². The molecule has 21 heavy (non-hydrogen) atoms. The van der Waals surface area contributed by atoms with Crippen LogP contribution in [0.1, 0.15) is 16.7 Å². The number of benzene rings is 1. The summed E-state index contributed by atoms with van der Waals surface area (Å²) in [4.78, 5) is 4.08. The molecule has 5 heteroatoms. The Morgan fingerprint density at radius 2 is 1.86 bits per heavy atom. The first kappa shape index (κ1) is 15.1. The minimum Gasteiger partial charge on any atom is -0.300 e. The summed E-state index contributed by atoms with van der Waals surface area (Å²) in [5.41, 5.74) is 4.88. The summed E-state index contributed by atoms with van der Waals surface area (Å²) < 4.78 is 2.47. The van der Waals surface area contributed by atoms with Crippen molar-refractivity contribution in [1.82, 2.24) is 4.98 Å². The molecule has 0 spiro atoms. The Bertz CT molecular complexity index is 720. The van der Waals surface area contributed by atoms with Gasteiger partial charge in [-0.3, -0.25) is 10.4 Å². The second-order valence-electron chi connectivity index (χ2n) is 4.64. The van der Waals surface area contributed by atoms with Crippen LogP contribution in [-0.4, -0.2) is 15.8 Å². The Morgan fingerprint density at radius 3 is 2.43 bits per heavy atom. The van der Waals surface area contributed by atoms with Crippen LogP contribution >= 0.6 is 46.1 Å². The van der Waals surface area contributed by atoms with E-state index in [1.54, 1.807) is 12.4 Å². The highest BCUT2D eigenvalue weighted by Crippen LogP contribution is 2.48. The van der Waals surface area contributed by atoms with Crippen LogP contribution in [0, 0.1) is 15.9 Å². The van der Waals surface area contributed by atoms with Gasteiger partial charge in [-0.05, 0) is 64.9 Å². The molecule has 3 rings (SSSR count). The van der Waals surface area contributed by atoms with Crippen molar-refractivity contribution in [1.29, 1.82) is 5.41 Å². The van der Waals surface area contributed by atoms with Crippen molar-refractivity contribution in [3.8, 4) is 0 Å². The zero-order valence-corrected chi connectivity index (χ0v) is 15.2. The average Bonchev–Trinajstić information content (AvgIpc) is 2.46. The van der Waals surface area contributed by atoms with Gasteiger partial charge < -0.3 is 0 Å². The van der Waals surface area contributed by atoms with Gasteiger partial charge in [-0.1, -0.05) is 6.07 Å². The summed E-state index contributed by atoms with van der Waals surface area (Å²) in [5.74, 6) is 0. The van der Waals surface area contributed by atoms with Gasteiger partial charge in [-0.2, -0.15) is 0 Å². The molecule has 1 aliphatic rings. The van der Waals surface area contributed by atoms with Gasteiger partial charge in [0.1, 0.15) is 0 Å². The lowest BCUT2D eigenvalue weighted by Crippen LogP contribution is -2.07. The van der Waals surface area contributed by atoms with Crippen molar-refractivity contribution in [2.75, 3.05) is 5.08 Å². The van der Waals surface area contributed by atoms with E-state index in [1.807, 2.05) is 41.7 Å². The first-order chi connectivity index (χ1) is 10.2. The van der Waals surface area contributed by atoms with Crippen LogP contribution in [0.15, 0.2) is 47.0 Å². The molecule has 2 nitrogen and oxygen atoms in total. The molecule has 1 aromatic carbocycles. The smallest absolute Gasteiger partial charge is 0.0707 e. The monoisotopic (exact) mass is 424 g/mol. The number of hydrogen-bond acceptors (Lipinski definition) is 4. The molecule has 106 valence electrons. The largest absolute Gasteiger partial charge is 0.300 e. The molecular formula is C16H13IN2S2. The lowest BCUT2D eigenvalue weighted by molar-refractivity contribution is 1.32. The van der Waals surface area contributed by atoms with Gasteiger partial charge in [-0.15, -0.1) is 23.5 Å². The topological polar surface area (TPSA) is 36.7 Å². The van der Waals surface area contributed by atoms with Crippen LogP contribution in [0.3, 0.4) is 0 Å². The molecule has 1 fully saturated rings. The van der Waals surface area contributed by atoms with Gasteiger partial charge in [0.25, 0.3) is 0 Å². The van der Waals surface area contributed by atoms with Crippen LogP contribution in [0.5, 0.6) is 0 Å². The lowest BCUT2D eigenvalue weighted by atomic mass is 9.97. The number of rotatable bonds is 3. The molecule has 0 saturated carbocycles. The maximum atomic E-state index is 8.65. The van der Waals surface area contributed by atoms with Gasteiger partial charge in [-0.25, -0.2) is 0 Å². The van der Waals surface area contributed by atoms with E-state index in [0.717, 1.165) is 21.8 Å². The number of nitrogens with one attached hydrogen (secondary N) is 1. The zero-order valence-electron chi connectivity index (χ0n) is 11.4. The first-order valence-electron chi connectivity index (χ1n) is 6.42. The second-order valence-corrected chi connectivity index (χ2v) is 8.40. The summed E-state index contributed by atoms with van der Waals surface area (Å²) in [7, 11) is 0. The Hall–Kier alpha value is -0.790. The van der Waals surface area contributed by atoms with Crippen molar-refractivity contribution in [2.24, 2.45) is 0 Å². The predicted molar refractivity (Wildman–Crippen MR) is 102 cm³/mol. The van der Waals surface area contributed by atoms with Crippen LogP contribution in [0.25, 0.3) is 5.57 Å². The summed E-state index contributed by atoms with van der Waals surface area (Å²) in [6.45, 7) is 2.09. The fourth-order valence-electron chi connectivity index (χ4n) is 2.09. The molecule has 1 N–H and O–H groups in total. The summed E-state index contributed by atoms with van der Waals surface area (Å²) in [6.07, 6.45) is 3.58. The van der Waals surface area contributed by atoms with Gasteiger partial charge in [0, 0.05) is 32.2 Å². The molecule has 0 atom stereocenters. The number of aryl methyl sites for hydroxylation is 1. The van der Waals surface area contributed by atoms with E-state index in [1.165, 1.54) is 13.4 Å². The molecule has 2 aromatic rings. The minimum absolute atomic E-state index is 0.593. The van der Waals surface area contributed by atoms with E-state index in [2.05, 4.69) is 46.6 Å². The predicted octanol–water partition coefficient (Wildman–Crippen LogP) is 5.17. The maximum Gasteiger partial charge on any atom is 0.0707 e. The quantitative estimate of drug-likeness (QED) is 0.546. The molecule has 0 radical (unpaired) electrons. The van der Waals surface area contributed by atoms with Gasteiger partial charge >= 0.3 is 0 Å². The molecule has 1 aliphatic heterocycles. The first-order valence-corrected chi connectivity index (χ1v) is 9.47. The molecule has 0 aliphatic carbocycles. The van der Waals surface area contributed by atoms with E-state index in [-0.39, 0.29) is 0 Å². The molecule has 1 aromatic heterocycles. The number of aromatic nitrogens is 1. The average molecular weight is 424 g/mol. The van der Waals surface area contributed by atoms with Crippen molar-refractivity contribution >= 4 is 57.4 Å². The fourth-order valence-corrected chi connectivity index (χ4v) is 4.10. The second kappa shape index (κ2) is 6.54. The molecule has 2 heterocycles. The maximum absolute atomic E-state index is 8.65. The Morgan fingerprint density at radius 1 is 1.14 bits per heavy atom. The van der Waals surface area contributed by atoms with Crippen molar-refractivity contribution in [3.05, 3.63) is 67.2 Å². The Kier molecular flexibility index (Phi) is 4.71. The summed E-state index contributed by atoms with van der Waals surface area (Å²) in [5, 5.41) is 9.72. The third-order valence-electron chi connectivity index (χ3n) is 3.25. The molecule has 1 saturated heterocycles. The minimum atomic E-state index is 0.593. The third kappa shape index (κ3) is 3.19. The molecule has 0 bridgehead atoms. The Balaban J connectivity index is 2.05. The van der Waals surface area contributed by atoms with Gasteiger partial charge in [0.15, 0.2) is 0 Å². The van der Waals surface area contributed by atoms with Crippen molar-refractivity contribution in [3.63, 3.8) is 0 Å². The van der Waals surface area contributed by atoms with Gasteiger partial charge in [0.05, 0.1) is 9.95 Å². The lowest BCUT2D eigenvalue weighted by Gasteiger charge is -2.22. The number of thioether (sulfide) groups is 2. The van der Waals surface area contributed by atoms with E-state index in [4.69, 9.17) is 5.41 Å². The van der Waals surface area contributed by atoms with Crippen molar-refractivity contribution < 1.29 is 0 Å². The normalized spacial score (nSPS) is 13.7.